The predicted molar refractivity (Wildman–Crippen MR) is 67.0 cm³/mol. The van der Waals surface area contributed by atoms with Gasteiger partial charge in [0.05, 0.1) is 13.2 Å². The average Bonchev–Trinajstić information content (AvgIpc) is 2.57. The van der Waals surface area contributed by atoms with Crippen LogP contribution in [0.2, 0.25) is 0 Å². The average molecular weight is 258 g/mol. The van der Waals surface area contributed by atoms with Crippen molar-refractivity contribution in [3.8, 4) is 0 Å². The second-order valence-electron chi connectivity index (χ2n) is 4.63. The van der Waals surface area contributed by atoms with Gasteiger partial charge in [0.1, 0.15) is 0 Å². The highest BCUT2D eigenvalue weighted by Gasteiger charge is 2.27. The number of nitrogens with zero attached hydrogens (tertiary/aromatic N) is 1. The Hall–Kier alpha value is -1.18. The number of carbonyl (C=O) groups is 2. The van der Waals surface area contributed by atoms with Crippen molar-refractivity contribution in [3.63, 3.8) is 0 Å². The van der Waals surface area contributed by atoms with E-state index in [0.717, 1.165) is 6.54 Å². The maximum Gasteiger partial charge on any atom is 0.321 e. The van der Waals surface area contributed by atoms with Crippen molar-refractivity contribution >= 4 is 11.9 Å². The van der Waals surface area contributed by atoms with Crippen molar-refractivity contribution < 1.29 is 14.3 Å². The lowest BCUT2D eigenvalue weighted by molar-refractivity contribution is -0.120. The van der Waals surface area contributed by atoms with Crippen molar-refractivity contribution in [1.82, 2.24) is 15.5 Å². The molecule has 0 bridgehead atoms. The topological polar surface area (TPSA) is 96.7 Å². The Balaban J connectivity index is 2.19. The van der Waals surface area contributed by atoms with Crippen LogP contribution in [-0.2, 0) is 9.53 Å². The lowest BCUT2D eigenvalue weighted by Gasteiger charge is -2.14. The van der Waals surface area contributed by atoms with Gasteiger partial charge in [0.2, 0.25) is 5.91 Å². The zero-order valence-corrected chi connectivity index (χ0v) is 10.9. The summed E-state index contributed by atoms with van der Waals surface area (Å²) in [5, 5.41) is 4.79. The van der Waals surface area contributed by atoms with E-state index in [1.807, 2.05) is 4.90 Å². The van der Waals surface area contributed by atoms with Crippen molar-refractivity contribution in [1.29, 1.82) is 0 Å². The minimum Gasteiger partial charge on any atom is -0.383 e. The highest BCUT2D eigenvalue weighted by Crippen LogP contribution is 2.13. The molecular weight excluding hydrogens is 236 g/mol. The second-order valence-corrected chi connectivity index (χ2v) is 4.63. The lowest BCUT2D eigenvalue weighted by atomic mass is 10.1. The molecule has 3 amide bonds. The van der Waals surface area contributed by atoms with Gasteiger partial charge in [-0.25, -0.2) is 4.79 Å². The largest absolute Gasteiger partial charge is 0.383 e. The molecule has 0 aromatic carbocycles. The van der Waals surface area contributed by atoms with E-state index in [9.17, 15) is 9.59 Å². The Morgan fingerprint density at radius 1 is 1.44 bits per heavy atom. The summed E-state index contributed by atoms with van der Waals surface area (Å²) in [5.41, 5.74) is 5.86. The molecule has 0 aromatic heterocycles. The Morgan fingerprint density at radius 3 is 2.72 bits per heavy atom. The van der Waals surface area contributed by atoms with Crippen LogP contribution < -0.4 is 16.4 Å². The summed E-state index contributed by atoms with van der Waals surface area (Å²) >= 11 is 0. The van der Waals surface area contributed by atoms with E-state index in [4.69, 9.17) is 10.5 Å². The van der Waals surface area contributed by atoms with E-state index in [2.05, 4.69) is 17.6 Å². The van der Waals surface area contributed by atoms with Gasteiger partial charge in [-0.05, 0) is 5.92 Å². The Labute approximate surface area is 107 Å². The van der Waals surface area contributed by atoms with Gasteiger partial charge in [0.25, 0.3) is 0 Å². The third kappa shape index (κ3) is 4.99. The lowest BCUT2D eigenvalue weighted by Crippen LogP contribution is -2.45. The van der Waals surface area contributed by atoms with Gasteiger partial charge in [-0.2, -0.15) is 0 Å². The number of amides is 3. The standard InChI is InChI=1S/C11H22N4O3/c1-8-5-15(6-9(8)12)7-10(16)14-11(17)13-3-4-18-2/h8-9H,3-7,12H2,1-2H3,(H2,13,14,16,17). The van der Waals surface area contributed by atoms with Gasteiger partial charge < -0.3 is 15.8 Å². The van der Waals surface area contributed by atoms with Gasteiger partial charge >= 0.3 is 6.03 Å². The highest BCUT2D eigenvalue weighted by atomic mass is 16.5. The summed E-state index contributed by atoms with van der Waals surface area (Å²) in [6.45, 7) is 4.54. The van der Waals surface area contributed by atoms with E-state index < -0.39 is 6.03 Å². The quantitative estimate of drug-likeness (QED) is 0.535. The molecule has 2 atom stereocenters. The molecule has 104 valence electrons. The van der Waals surface area contributed by atoms with E-state index >= 15 is 0 Å². The first kappa shape index (κ1) is 14.9. The molecule has 1 fully saturated rings. The van der Waals surface area contributed by atoms with Gasteiger partial charge in [0, 0.05) is 32.8 Å². The first-order valence-corrected chi connectivity index (χ1v) is 6.07. The number of rotatable bonds is 5. The molecule has 7 heteroatoms. The zero-order valence-electron chi connectivity index (χ0n) is 10.9. The van der Waals surface area contributed by atoms with Gasteiger partial charge in [-0.15, -0.1) is 0 Å². The number of hydrogen-bond donors (Lipinski definition) is 3. The summed E-state index contributed by atoms with van der Waals surface area (Å²) in [4.78, 5) is 24.8. The third-order valence-corrected chi connectivity index (χ3v) is 2.96. The molecule has 0 spiro atoms. The van der Waals surface area contributed by atoms with Crippen molar-refractivity contribution in [2.24, 2.45) is 11.7 Å². The van der Waals surface area contributed by atoms with E-state index in [0.29, 0.717) is 25.6 Å². The maximum atomic E-state index is 11.6. The Morgan fingerprint density at radius 2 is 2.17 bits per heavy atom. The normalized spacial score (nSPS) is 23.9. The highest BCUT2D eigenvalue weighted by molar-refractivity contribution is 5.95. The van der Waals surface area contributed by atoms with Crippen LogP contribution in [0, 0.1) is 5.92 Å². The second kappa shape index (κ2) is 7.30. The number of hydrogen-bond acceptors (Lipinski definition) is 5. The third-order valence-electron chi connectivity index (χ3n) is 2.96. The monoisotopic (exact) mass is 258 g/mol. The number of urea groups is 1. The predicted octanol–water partition coefficient (Wildman–Crippen LogP) is -1.26. The Kier molecular flexibility index (Phi) is 6.03. The summed E-state index contributed by atoms with van der Waals surface area (Å²) < 4.78 is 4.78. The molecule has 7 nitrogen and oxygen atoms in total. The van der Waals surface area contributed by atoms with Crippen LogP contribution in [0.15, 0.2) is 0 Å². The molecule has 0 aliphatic carbocycles. The number of imide groups is 1. The molecule has 4 N–H and O–H groups in total. The van der Waals surface area contributed by atoms with Crippen LogP contribution in [0.25, 0.3) is 0 Å². The fourth-order valence-electron chi connectivity index (χ4n) is 1.90. The molecule has 1 aliphatic rings. The molecule has 2 unspecified atom stereocenters. The smallest absolute Gasteiger partial charge is 0.321 e. The molecule has 0 saturated carbocycles. The first-order chi connectivity index (χ1) is 8.52. The van der Waals surface area contributed by atoms with Crippen molar-refractivity contribution in [2.45, 2.75) is 13.0 Å². The molecule has 18 heavy (non-hydrogen) atoms. The van der Waals surface area contributed by atoms with E-state index in [1.54, 1.807) is 7.11 Å². The van der Waals surface area contributed by atoms with Crippen molar-refractivity contribution in [3.05, 3.63) is 0 Å². The SMILES string of the molecule is COCCNC(=O)NC(=O)CN1CC(C)C(N)C1. The number of methoxy groups -OCH3 is 1. The fourth-order valence-corrected chi connectivity index (χ4v) is 1.90. The van der Waals surface area contributed by atoms with Gasteiger partial charge in [-0.3, -0.25) is 15.0 Å². The molecule has 0 aromatic rings. The molecule has 1 saturated heterocycles. The van der Waals surface area contributed by atoms with Crippen LogP contribution >= 0.6 is 0 Å². The minimum absolute atomic E-state index is 0.105. The number of ether oxygens (including phenoxy) is 1. The number of carbonyl (C=O) groups excluding carboxylic acids is 2. The van der Waals surface area contributed by atoms with E-state index in [1.165, 1.54) is 0 Å². The Bertz CT molecular complexity index is 288. The van der Waals surface area contributed by atoms with Crippen LogP contribution in [0.3, 0.4) is 0 Å². The van der Waals surface area contributed by atoms with Crippen LogP contribution in [-0.4, -0.2) is 62.8 Å². The zero-order chi connectivity index (χ0) is 13.5. The number of nitrogens with one attached hydrogen (secondary N) is 2. The fraction of sp³-hybridized carbons (Fsp3) is 0.818. The van der Waals surface area contributed by atoms with Crippen molar-refractivity contribution in [2.75, 3.05) is 39.9 Å². The number of nitrogens with two attached hydrogens (primary N) is 1. The van der Waals surface area contributed by atoms with Crippen LogP contribution in [0.4, 0.5) is 4.79 Å². The van der Waals surface area contributed by atoms with Crippen LogP contribution in [0.5, 0.6) is 0 Å². The van der Waals surface area contributed by atoms with Gasteiger partial charge in [0.15, 0.2) is 0 Å². The summed E-state index contributed by atoms with van der Waals surface area (Å²) in [5.74, 6) is 0.0690. The van der Waals surface area contributed by atoms with E-state index in [-0.39, 0.29) is 18.5 Å². The molecule has 1 heterocycles. The summed E-state index contributed by atoms with van der Waals surface area (Å²) in [6.07, 6.45) is 0. The molecule has 1 rings (SSSR count). The number of likely N-dealkylation sites (tertiary alicyclic amines) is 1. The first-order valence-electron chi connectivity index (χ1n) is 6.07. The summed E-state index contributed by atoms with van der Waals surface area (Å²) in [7, 11) is 1.54. The maximum absolute atomic E-state index is 11.6. The molecular formula is C11H22N4O3. The minimum atomic E-state index is -0.492. The summed E-state index contributed by atoms with van der Waals surface area (Å²) in [6, 6.07) is -0.387. The van der Waals surface area contributed by atoms with Crippen LogP contribution in [0.1, 0.15) is 6.92 Å². The molecule has 0 radical (unpaired) electrons. The van der Waals surface area contributed by atoms with Gasteiger partial charge in [-0.1, -0.05) is 6.92 Å². The molecule has 1 aliphatic heterocycles.